The van der Waals surface area contributed by atoms with Crippen LogP contribution in [-0.4, -0.2) is 5.11 Å². The molecule has 4 aromatic carbocycles. The van der Waals surface area contributed by atoms with E-state index in [9.17, 15) is 5.11 Å². The summed E-state index contributed by atoms with van der Waals surface area (Å²) in [6, 6.07) is 32.7. The van der Waals surface area contributed by atoms with Crippen LogP contribution in [0.5, 0.6) is 0 Å². The average molecular weight is 413 g/mol. The first-order valence-corrected chi connectivity index (χ1v) is 9.75. The third-order valence-corrected chi connectivity index (χ3v) is 5.88. The van der Waals surface area contributed by atoms with Gasteiger partial charge in [0, 0.05) is 15.6 Å². The van der Waals surface area contributed by atoms with Crippen molar-refractivity contribution >= 4 is 15.9 Å². The van der Waals surface area contributed by atoms with E-state index in [4.69, 9.17) is 0 Å². The van der Waals surface area contributed by atoms with E-state index >= 15 is 0 Å². The number of rotatable bonds is 2. The standard InChI is InChI=1S/C25H17BrO/c26-20-7-5-6-18(16-20)17-12-14-19(15-13-17)25(27)23-10-3-1-8-21(23)22-9-2-4-11-24(22)25/h1-16,27H. The van der Waals surface area contributed by atoms with Crippen molar-refractivity contribution in [3.05, 3.63) is 118 Å². The Morgan fingerprint density at radius 3 is 1.78 bits per heavy atom. The number of hydrogen-bond donors (Lipinski definition) is 1. The molecule has 0 aliphatic heterocycles. The lowest BCUT2D eigenvalue weighted by molar-refractivity contribution is 0.131. The van der Waals surface area contributed by atoms with Crippen LogP contribution in [0.1, 0.15) is 16.7 Å². The Labute approximate surface area is 167 Å². The summed E-state index contributed by atoms with van der Waals surface area (Å²) in [5, 5.41) is 11.9. The van der Waals surface area contributed by atoms with Gasteiger partial charge in [-0.3, -0.25) is 0 Å². The summed E-state index contributed by atoms with van der Waals surface area (Å²) in [4.78, 5) is 0. The van der Waals surface area contributed by atoms with Crippen LogP contribution in [0.4, 0.5) is 0 Å². The van der Waals surface area contributed by atoms with Gasteiger partial charge in [0.15, 0.2) is 0 Å². The van der Waals surface area contributed by atoms with Crippen LogP contribution in [0, 0.1) is 0 Å². The van der Waals surface area contributed by atoms with E-state index in [0.717, 1.165) is 43.4 Å². The normalized spacial score (nSPS) is 13.9. The van der Waals surface area contributed by atoms with E-state index in [1.165, 1.54) is 0 Å². The maximum atomic E-state index is 11.9. The molecule has 1 aliphatic carbocycles. The summed E-state index contributed by atoms with van der Waals surface area (Å²) < 4.78 is 1.06. The van der Waals surface area contributed by atoms with E-state index in [1.807, 2.05) is 60.7 Å². The van der Waals surface area contributed by atoms with Gasteiger partial charge < -0.3 is 5.11 Å². The van der Waals surface area contributed by atoms with Gasteiger partial charge in [-0.15, -0.1) is 0 Å². The quantitative estimate of drug-likeness (QED) is 0.404. The fourth-order valence-electron chi connectivity index (χ4n) is 4.09. The second-order valence-electron chi connectivity index (χ2n) is 6.89. The summed E-state index contributed by atoms with van der Waals surface area (Å²) in [6.07, 6.45) is 0. The summed E-state index contributed by atoms with van der Waals surface area (Å²) in [5.74, 6) is 0. The third kappa shape index (κ3) is 2.48. The van der Waals surface area contributed by atoms with E-state index in [-0.39, 0.29) is 0 Å². The van der Waals surface area contributed by atoms with Crippen molar-refractivity contribution in [3.8, 4) is 22.3 Å². The molecular formula is C25H17BrO. The molecule has 0 atom stereocenters. The summed E-state index contributed by atoms with van der Waals surface area (Å²) in [7, 11) is 0. The minimum atomic E-state index is -1.12. The molecular weight excluding hydrogens is 396 g/mol. The molecule has 0 bridgehead atoms. The minimum Gasteiger partial charge on any atom is -0.376 e. The van der Waals surface area contributed by atoms with E-state index in [0.29, 0.717) is 0 Å². The molecule has 2 heteroatoms. The van der Waals surface area contributed by atoms with Gasteiger partial charge in [-0.2, -0.15) is 0 Å². The molecule has 4 aromatic rings. The molecule has 0 saturated heterocycles. The highest BCUT2D eigenvalue weighted by molar-refractivity contribution is 9.10. The molecule has 1 aliphatic rings. The largest absolute Gasteiger partial charge is 0.376 e. The van der Waals surface area contributed by atoms with Gasteiger partial charge in [0.25, 0.3) is 0 Å². The predicted octanol–water partition coefficient (Wildman–Crippen LogP) is 6.38. The molecule has 0 aromatic heterocycles. The lowest BCUT2D eigenvalue weighted by Gasteiger charge is -2.26. The van der Waals surface area contributed by atoms with Crippen LogP contribution >= 0.6 is 15.9 Å². The molecule has 130 valence electrons. The Morgan fingerprint density at radius 1 is 0.593 bits per heavy atom. The average Bonchev–Trinajstić information content (AvgIpc) is 2.99. The Kier molecular flexibility index (Phi) is 3.78. The fraction of sp³-hybridized carbons (Fsp3) is 0.0400. The van der Waals surface area contributed by atoms with Gasteiger partial charge >= 0.3 is 0 Å². The van der Waals surface area contributed by atoms with Gasteiger partial charge in [-0.25, -0.2) is 0 Å². The Bertz CT molecular complexity index is 1100. The van der Waals surface area contributed by atoms with Gasteiger partial charge in [0.05, 0.1) is 0 Å². The topological polar surface area (TPSA) is 20.2 Å². The molecule has 0 radical (unpaired) electrons. The molecule has 0 unspecified atom stereocenters. The SMILES string of the molecule is OC1(c2ccc(-c3cccc(Br)c3)cc2)c2ccccc2-c2ccccc21. The van der Waals surface area contributed by atoms with E-state index < -0.39 is 5.60 Å². The van der Waals surface area contributed by atoms with Crippen molar-refractivity contribution in [1.82, 2.24) is 0 Å². The molecule has 1 N–H and O–H groups in total. The van der Waals surface area contributed by atoms with Gasteiger partial charge in [0.2, 0.25) is 0 Å². The molecule has 0 spiro atoms. The number of fused-ring (bicyclic) bond motifs is 3. The van der Waals surface area contributed by atoms with Crippen molar-refractivity contribution in [1.29, 1.82) is 0 Å². The number of halogens is 1. The second-order valence-corrected chi connectivity index (χ2v) is 7.80. The van der Waals surface area contributed by atoms with Gasteiger partial charge in [-0.05, 0) is 39.9 Å². The third-order valence-electron chi connectivity index (χ3n) is 5.38. The maximum Gasteiger partial charge on any atom is 0.141 e. The highest BCUT2D eigenvalue weighted by atomic mass is 79.9. The van der Waals surface area contributed by atoms with Crippen LogP contribution in [0.25, 0.3) is 22.3 Å². The lowest BCUT2D eigenvalue weighted by atomic mass is 9.84. The van der Waals surface area contributed by atoms with Crippen LogP contribution in [-0.2, 0) is 5.60 Å². The van der Waals surface area contributed by atoms with Crippen molar-refractivity contribution in [2.24, 2.45) is 0 Å². The van der Waals surface area contributed by atoms with Crippen molar-refractivity contribution < 1.29 is 5.11 Å². The smallest absolute Gasteiger partial charge is 0.141 e. The number of hydrogen-bond acceptors (Lipinski definition) is 1. The first kappa shape index (κ1) is 16.5. The predicted molar refractivity (Wildman–Crippen MR) is 114 cm³/mol. The molecule has 0 amide bonds. The van der Waals surface area contributed by atoms with Crippen LogP contribution in [0.15, 0.2) is 102 Å². The minimum absolute atomic E-state index is 0.888. The van der Waals surface area contributed by atoms with Gasteiger partial charge in [-0.1, -0.05) is 101 Å². The fourth-order valence-corrected chi connectivity index (χ4v) is 4.49. The van der Waals surface area contributed by atoms with Crippen LogP contribution < -0.4 is 0 Å². The Hall–Kier alpha value is -2.68. The van der Waals surface area contributed by atoms with E-state index in [2.05, 4.69) is 52.3 Å². The van der Waals surface area contributed by atoms with E-state index in [1.54, 1.807) is 0 Å². The maximum absolute atomic E-state index is 11.9. The summed E-state index contributed by atoms with van der Waals surface area (Å²) in [5.41, 5.74) is 6.14. The summed E-state index contributed by atoms with van der Waals surface area (Å²) >= 11 is 3.53. The molecule has 1 nitrogen and oxygen atoms in total. The van der Waals surface area contributed by atoms with Crippen molar-refractivity contribution in [2.75, 3.05) is 0 Å². The molecule has 0 heterocycles. The zero-order valence-electron chi connectivity index (χ0n) is 14.6. The first-order valence-electron chi connectivity index (χ1n) is 8.96. The number of aliphatic hydroxyl groups is 1. The monoisotopic (exact) mass is 412 g/mol. The molecule has 0 fully saturated rings. The Balaban J connectivity index is 1.66. The molecule has 27 heavy (non-hydrogen) atoms. The molecule has 5 rings (SSSR count). The molecule has 0 saturated carbocycles. The Morgan fingerprint density at radius 2 is 1.19 bits per heavy atom. The first-order chi connectivity index (χ1) is 13.2. The van der Waals surface area contributed by atoms with Crippen molar-refractivity contribution in [3.63, 3.8) is 0 Å². The van der Waals surface area contributed by atoms with Gasteiger partial charge in [0.1, 0.15) is 5.60 Å². The number of benzene rings is 4. The summed E-state index contributed by atoms with van der Waals surface area (Å²) in [6.45, 7) is 0. The van der Waals surface area contributed by atoms with Crippen LogP contribution in [0.2, 0.25) is 0 Å². The zero-order chi connectivity index (χ0) is 18.4. The second kappa shape index (κ2) is 6.19. The van der Waals surface area contributed by atoms with Crippen molar-refractivity contribution in [2.45, 2.75) is 5.60 Å². The lowest BCUT2D eigenvalue weighted by Crippen LogP contribution is -2.26. The zero-order valence-corrected chi connectivity index (χ0v) is 16.1. The van der Waals surface area contributed by atoms with Crippen LogP contribution in [0.3, 0.4) is 0 Å². The highest BCUT2D eigenvalue weighted by Gasteiger charge is 2.42. The highest BCUT2D eigenvalue weighted by Crippen LogP contribution is 2.50.